The van der Waals surface area contributed by atoms with Crippen LogP contribution in [-0.2, 0) is 17.5 Å². The van der Waals surface area contributed by atoms with E-state index in [-0.39, 0.29) is 18.5 Å². The molecule has 0 aromatic heterocycles. The van der Waals surface area contributed by atoms with Crippen molar-refractivity contribution in [2.24, 2.45) is 23.7 Å². The number of fused-ring (bicyclic) bond motifs is 4. The Morgan fingerprint density at radius 2 is 1.28 bits per heavy atom. The van der Waals surface area contributed by atoms with Gasteiger partial charge in [-0.2, -0.15) is 0 Å². The van der Waals surface area contributed by atoms with Gasteiger partial charge in [-0.05, 0) is 0 Å². The van der Waals surface area contributed by atoms with Crippen molar-refractivity contribution in [2.75, 3.05) is 19.0 Å². The predicted molar refractivity (Wildman–Crippen MR) is 138 cm³/mol. The number of halogens is 1. The first-order valence-corrected chi connectivity index (χ1v) is 16.6. The minimum absolute atomic E-state index is 0. The monoisotopic (exact) mass is 559 g/mol. The molecule has 0 N–H and O–H groups in total. The molecule has 0 heterocycles. The van der Waals surface area contributed by atoms with Gasteiger partial charge in [-0.15, -0.1) is 12.4 Å². The molecule has 176 valence electrons. The summed E-state index contributed by atoms with van der Waals surface area (Å²) in [6, 6.07) is 18.5. The maximum absolute atomic E-state index is 2.49. The van der Waals surface area contributed by atoms with Crippen LogP contribution in [0.15, 0.2) is 48.5 Å². The molecule has 4 heteroatoms. The van der Waals surface area contributed by atoms with Crippen LogP contribution in [0.2, 0.25) is 0 Å². The molecule has 0 amide bonds. The van der Waals surface area contributed by atoms with Crippen LogP contribution in [0.3, 0.4) is 0 Å². The molecule has 6 rings (SSSR count). The van der Waals surface area contributed by atoms with Crippen LogP contribution >= 0.6 is 18.5 Å². The first-order chi connectivity index (χ1) is 15.2. The van der Waals surface area contributed by atoms with Crippen molar-refractivity contribution in [1.82, 2.24) is 0 Å². The Bertz CT molecular complexity index is 921. The van der Waals surface area contributed by atoms with Crippen LogP contribution in [0.5, 0.6) is 0 Å². The largest absolute Gasteiger partial charge is 0.147 e. The summed E-state index contributed by atoms with van der Waals surface area (Å²) < 4.78 is 1.68. The van der Waals surface area contributed by atoms with E-state index in [2.05, 4.69) is 67.5 Å². The van der Waals surface area contributed by atoms with Gasteiger partial charge < -0.3 is 0 Å². The normalized spacial score (nSPS) is 33.4. The minimum Gasteiger partial charge on any atom is -0.147 e. The molecule has 4 aliphatic rings. The van der Waals surface area contributed by atoms with Crippen LogP contribution < -0.4 is 8.94 Å². The van der Waals surface area contributed by atoms with Crippen molar-refractivity contribution in [2.45, 2.75) is 62.7 Å². The molecule has 0 saturated heterocycles. The Morgan fingerprint density at radius 1 is 0.719 bits per heavy atom. The van der Waals surface area contributed by atoms with Crippen LogP contribution in [-0.4, -0.2) is 25.4 Å². The summed E-state index contributed by atoms with van der Waals surface area (Å²) in [5.41, 5.74) is 6.47. The number of rotatable bonds is 6. The summed E-state index contributed by atoms with van der Waals surface area (Å²) in [5.74, 6) is 4.32. The van der Waals surface area contributed by atoms with E-state index >= 15 is 0 Å². The topological polar surface area (TPSA) is 3.24 Å². The third-order valence-corrected chi connectivity index (χ3v) is 17.5. The quantitative estimate of drug-likeness (QED) is 0.264. The Morgan fingerprint density at radius 3 is 1.81 bits per heavy atom. The second kappa shape index (κ2) is 9.70. The van der Waals surface area contributed by atoms with Crippen LogP contribution in [0.4, 0.5) is 5.69 Å². The fraction of sp³-hybridized carbons (Fsp3) is 0.571. The molecule has 32 heavy (non-hydrogen) atoms. The van der Waals surface area contributed by atoms with Crippen molar-refractivity contribution in [3.05, 3.63) is 48.5 Å². The molecule has 1 nitrogen and oxygen atoms in total. The number of benzene rings is 2. The van der Waals surface area contributed by atoms with E-state index in [0.717, 1.165) is 52.5 Å². The van der Waals surface area contributed by atoms with Gasteiger partial charge in [-0.1, -0.05) is 0 Å². The van der Waals surface area contributed by atoms with Crippen molar-refractivity contribution in [3.63, 3.8) is 0 Å². The molecule has 4 fully saturated rings. The van der Waals surface area contributed by atoms with E-state index < -0.39 is 0 Å². The smallest absolute Gasteiger partial charge is 0.147 e. The number of hydrogen-bond donors (Lipinski definition) is 0. The molecule has 6 unspecified atom stereocenters. The van der Waals surface area contributed by atoms with E-state index in [4.69, 9.17) is 0 Å². The molecular formula is C28H37ClNPPd. The predicted octanol–water partition coefficient (Wildman–Crippen LogP) is 7.32. The molecule has 0 aliphatic heterocycles. The van der Waals surface area contributed by atoms with Gasteiger partial charge in [-0.3, -0.25) is 0 Å². The van der Waals surface area contributed by atoms with Gasteiger partial charge in [0.25, 0.3) is 0 Å². The maximum atomic E-state index is 2.49. The third-order valence-electron chi connectivity index (χ3n) is 8.68. The van der Waals surface area contributed by atoms with Crippen molar-refractivity contribution in [3.8, 4) is 11.1 Å². The molecular weight excluding hydrogens is 523 g/mol. The number of nitrogens with zero attached hydrogens (tertiary/aromatic N) is 1. The summed E-state index contributed by atoms with van der Waals surface area (Å²) in [4.78, 5) is 2.28. The molecule has 6 atom stereocenters. The SMILES string of the molecule is CN(C)c1ccccc1-c1cccc[c]1[Pd][P](C1CC2CCC1C2)C1CC2CCC1C2.Cl. The zero-order chi connectivity index (χ0) is 20.9. The second-order valence-corrected chi connectivity index (χ2v) is 17.1. The first-order valence-electron chi connectivity index (χ1n) is 12.4. The van der Waals surface area contributed by atoms with Gasteiger partial charge in [-0.25, -0.2) is 0 Å². The molecule has 2 aromatic carbocycles. The summed E-state index contributed by atoms with van der Waals surface area (Å²) in [7, 11) is 4.37. The Hall–Kier alpha value is -0.378. The van der Waals surface area contributed by atoms with E-state index in [1.165, 1.54) is 16.8 Å². The summed E-state index contributed by atoms with van der Waals surface area (Å²) in [5, 5.41) is 0. The van der Waals surface area contributed by atoms with Crippen molar-refractivity contribution in [1.29, 1.82) is 0 Å². The van der Waals surface area contributed by atoms with Crippen molar-refractivity contribution < 1.29 is 17.5 Å². The molecule has 4 aliphatic carbocycles. The number of anilines is 1. The zero-order valence-corrected chi connectivity index (χ0v) is 22.6. The summed E-state index contributed by atoms with van der Waals surface area (Å²) in [6.07, 6.45) is 12.6. The van der Waals surface area contributed by atoms with E-state index in [0.29, 0.717) is 0 Å². The second-order valence-electron chi connectivity index (χ2n) is 10.7. The van der Waals surface area contributed by atoms with Gasteiger partial charge in [0.15, 0.2) is 0 Å². The molecule has 0 spiro atoms. The fourth-order valence-corrected chi connectivity index (χ4v) is 17.7. The Labute approximate surface area is 209 Å². The fourth-order valence-electron chi connectivity index (χ4n) is 7.24. The Balaban J connectivity index is 0.00000216. The van der Waals surface area contributed by atoms with E-state index in [9.17, 15) is 0 Å². The van der Waals surface area contributed by atoms with Gasteiger partial charge >= 0.3 is 198 Å². The minimum atomic E-state index is 0. The Kier molecular flexibility index (Phi) is 7.09. The molecule has 4 bridgehead atoms. The average Bonchev–Trinajstić information content (AvgIpc) is 3.59. The number of para-hydroxylation sites is 1. The standard InChI is InChI=1S/C14H14N.C14H22P.ClH.Pd/c1-15(2)14-11-7-6-10-13(14)12-8-4-3-5-9-12;1-3-11-5-9(1)7-13(11)15-14-8-10-2-4-12(14)6-10;;/h3-8,10-11H,1-2H3;9-14H,1-8H2;1H;/q;-1;;+1. The first kappa shape index (κ1) is 23.4. The van der Waals surface area contributed by atoms with Gasteiger partial charge in [0, 0.05) is 0 Å². The van der Waals surface area contributed by atoms with Gasteiger partial charge in [0.05, 0.1) is 0 Å². The van der Waals surface area contributed by atoms with Crippen LogP contribution in [0.25, 0.3) is 11.1 Å². The molecule has 4 saturated carbocycles. The van der Waals surface area contributed by atoms with Crippen LogP contribution in [0, 0.1) is 23.7 Å². The molecule has 0 radical (unpaired) electrons. The van der Waals surface area contributed by atoms with Gasteiger partial charge in [0.2, 0.25) is 0 Å². The van der Waals surface area contributed by atoms with Crippen LogP contribution in [0.1, 0.15) is 51.4 Å². The van der Waals surface area contributed by atoms with E-state index in [1.54, 1.807) is 55.4 Å². The number of hydrogen-bond acceptors (Lipinski definition) is 1. The molecule has 2 aromatic rings. The summed E-state index contributed by atoms with van der Waals surface area (Å²) in [6.45, 7) is 0. The third kappa shape index (κ3) is 4.24. The zero-order valence-electron chi connectivity index (χ0n) is 19.4. The maximum Gasteiger partial charge on any atom is -0.147 e. The van der Waals surface area contributed by atoms with Crippen molar-refractivity contribution >= 4 is 28.2 Å². The van der Waals surface area contributed by atoms with E-state index in [1.807, 2.05) is 0 Å². The van der Waals surface area contributed by atoms with Gasteiger partial charge in [0.1, 0.15) is 0 Å². The summed E-state index contributed by atoms with van der Waals surface area (Å²) >= 11 is 0.782. The average molecular weight is 560 g/mol.